The highest BCUT2D eigenvalue weighted by molar-refractivity contribution is 6.33. The highest BCUT2D eigenvalue weighted by Crippen LogP contribution is 2.40. The molecular formula is C19H14ClF2NO3. The average molecular weight is 378 g/mol. The molecule has 1 aromatic heterocycles. The summed E-state index contributed by atoms with van der Waals surface area (Å²) in [4.78, 5) is 13.6. The summed E-state index contributed by atoms with van der Waals surface area (Å²) in [6.07, 6.45) is 0.644. The van der Waals surface area contributed by atoms with Crippen molar-refractivity contribution in [3.8, 4) is 5.75 Å². The number of rotatable bonds is 2. The fourth-order valence-corrected chi connectivity index (χ4v) is 3.47. The van der Waals surface area contributed by atoms with Gasteiger partial charge in [0.05, 0.1) is 17.1 Å². The summed E-state index contributed by atoms with van der Waals surface area (Å²) in [7, 11) is 0. The molecule has 0 radical (unpaired) electrons. The van der Waals surface area contributed by atoms with Gasteiger partial charge in [0.25, 0.3) is 0 Å². The molecule has 0 N–H and O–H groups in total. The highest BCUT2D eigenvalue weighted by atomic mass is 35.5. The first-order valence-electron chi connectivity index (χ1n) is 8.09. The van der Waals surface area contributed by atoms with Crippen molar-refractivity contribution < 1.29 is 17.9 Å². The van der Waals surface area contributed by atoms with E-state index in [0.717, 1.165) is 23.1 Å². The Labute approximate surface area is 152 Å². The van der Waals surface area contributed by atoms with E-state index in [9.17, 15) is 13.6 Å². The van der Waals surface area contributed by atoms with Crippen molar-refractivity contribution in [1.29, 1.82) is 0 Å². The van der Waals surface area contributed by atoms with Gasteiger partial charge in [0.15, 0.2) is 18.4 Å². The van der Waals surface area contributed by atoms with E-state index in [1.54, 1.807) is 11.0 Å². The molecule has 4 nitrogen and oxygen atoms in total. The Balaban J connectivity index is 1.87. The minimum Gasteiger partial charge on any atom is -0.471 e. The molecular weight excluding hydrogens is 364 g/mol. The highest BCUT2D eigenvalue weighted by Gasteiger charge is 2.25. The third-order valence-corrected chi connectivity index (χ3v) is 4.77. The topological polar surface area (TPSA) is 42.7 Å². The largest absolute Gasteiger partial charge is 0.471 e. The second-order valence-electron chi connectivity index (χ2n) is 6.06. The smallest absolute Gasteiger partial charge is 0.336 e. The molecule has 26 heavy (non-hydrogen) atoms. The van der Waals surface area contributed by atoms with Crippen molar-refractivity contribution in [2.24, 2.45) is 0 Å². The van der Waals surface area contributed by atoms with E-state index in [1.165, 1.54) is 12.1 Å². The Morgan fingerprint density at radius 2 is 2.00 bits per heavy atom. The van der Waals surface area contributed by atoms with E-state index in [1.807, 2.05) is 6.92 Å². The molecule has 0 saturated carbocycles. The molecule has 4 rings (SSSR count). The van der Waals surface area contributed by atoms with Crippen LogP contribution in [0.5, 0.6) is 5.75 Å². The van der Waals surface area contributed by atoms with Crippen LogP contribution in [0.2, 0.25) is 5.02 Å². The third kappa shape index (κ3) is 2.70. The second kappa shape index (κ2) is 6.29. The van der Waals surface area contributed by atoms with Gasteiger partial charge in [0.1, 0.15) is 11.3 Å². The maximum absolute atomic E-state index is 13.6. The molecule has 7 heteroatoms. The van der Waals surface area contributed by atoms with E-state index in [-0.39, 0.29) is 13.3 Å². The normalized spacial score (nSPS) is 13.6. The lowest BCUT2D eigenvalue weighted by Gasteiger charge is -2.31. The Bertz CT molecular complexity index is 1080. The Kier molecular flexibility index (Phi) is 4.07. The molecule has 0 fully saturated rings. The zero-order valence-electron chi connectivity index (χ0n) is 13.8. The number of hydrogen-bond acceptors (Lipinski definition) is 4. The lowest BCUT2D eigenvalue weighted by molar-refractivity contribution is 0.289. The first kappa shape index (κ1) is 16.8. The minimum absolute atomic E-state index is 0.112. The van der Waals surface area contributed by atoms with Gasteiger partial charge >= 0.3 is 5.63 Å². The molecule has 0 bridgehead atoms. The van der Waals surface area contributed by atoms with Gasteiger partial charge in [-0.05, 0) is 30.2 Å². The number of benzene rings is 2. The van der Waals surface area contributed by atoms with Crippen LogP contribution in [0.25, 0.3) is 11.0 Å². The maximum Gasteiger partial charge on any atom is 0.336 e. The van der Waals surface area contributed by atoms with Gasteiger partial charge in [-0.15, -0.1) is 0 Å². The molecule has 1 aliphatic heterocycles. The molecule has 0 spiro atoms. The summed E-state index contributed by atoms with van der Waals surface area (Å²) in [5.74, 6) is -1.42. The molecule has 3 aromatic rings. The summed E-state index contributed by atoms with van der Waals surface area (Å²) < 4.78 is 37.9. The second-order valence-corrected chi connectivity index (χ2v) is 6.46. The summed E-state index contributed by atoms with van der Waals surface area (Å²) in [5, 5.41) is 1.16. The zero-order valence-corrected chi connectivity index (χ0v) is 14.6. The van der Waals surface area contributed by atoms with Crippen LogP contribution in [0.3, 0.4) is 0 Å². The Morgan fingerprint density at radius 1 is 1.19 bits per heavy atom. The van der Waals surface area contributed by atoms with E-state index >= 15 is 0 Å². The summed E-state index contributed by atoms with van der Waals surface area (Å²) in [5.41, 5.74) is 1.84. The number of nitrogens with zero attached hydrogens (tertiary/aromatic N) is 1. The van der Waals surface area contributed by atoms with Crippen molar-refractivity contribution in [3.05, 3.63) is 68.5 Å². The summed E-state index contributed by atoms with van der Waals surface area (Å²) in [6.45, 7) is 2.33. The first-order chi connectivity index (χ1) is 12.5. The predicted octanol–water partition coefficient (Wildman–Crippen LogP) is 4.64. The van der Waals surface area contributed by atoms with Gasteiger partial charge in [-0.25, -0.2) is 13.6 Å². The van der Waals surface area contributed by atoms with Crippen LogP contribution in [0.15, 0.2) is 39.5 Å². The monoisotopic (exact) mass is 377 g/mol. The molecule has 2 heterocycles. The van der Waals surface area contributed by atoms with Gasteiger partial charge in [-0.3, -0.25) is 0 Å². The standard InChI is InChI=1S/C19H14ClF2NO3/c1-2-10-5-17(24)26-18-12(10)7-14(20)19-13(18)8-23(9-25-19)11-3-4-15(21)16(22)6-11/h3-7H,2,8-9H2,1H3. The minimum atomic E-state index is -0.941. The molecule has 0 amide bonds. The lowest BCUT2D eigenvalue weighted by Crippen LogP contribution is -2.32. The Morgan fingerprint density at radius 3 is 2.73 bits per heavy atom. The molecule has 1 aliphatic rings. The number of halogens is 3. The van der Waals surface area contributed by atoms with Crippen LogP contribution < -0.4 is 15.3 Å². The number of hydrogen-bond donors (Lipinski definition) is 0. The van der Waals surface area contributed by atoms with Crippen molar-refractivity contribution in [2.45, 2.75) is 19.9 Å². The van der Waals surface area contributed by atoms with Crippen LogP contribution >= 0.6 is 11.6 Å². The van der Waals surface area contributed by atoms with E-state index < -0.39 is 17.3 Å². The third-order valence-electron chi connectivity index (χ3n) is 4.48. The number of ether oxygens (including phenoxy) is 1. The van der Waals surface area contributed by atoms with Crippen LogP contribution in [0, 0.1) is 11.6 Å². The van der Waals surface area contributed by atoms with Crippen LogP contribution in [-0.2, 0) is 13.0 Å². The number of anilines is 1. The van der Waals surface area contributed by atoms with E-state index in [0.29, 0.717) is 34.0 Å². The quantitative estimate of drug-likeness (QED) is 0.610. The molecule has 0 aliphatic carbocycles. The van der Waals surface area contributed by atoms with Crippen LogP contribution in [0.4, 0.5) is 14.5 Å². The fourth-order valence-electron chi connectivity index (χ4n) is 3.19. The van der Waals surface area contributed by atoms with Crippen molar-refractivity contribution in [1.82, 2.24) is 0 Å². The number of fused-ring (bicyclic) bond motifs is 3. The first-order valence-corrected chi connectivity index (χ1v) is 8.46. The molecule has 134 valence electrons. The van der Waals surface area contributed by atoms with E-state index in [2.05, 4.69) is 0 Å². The van der Waals surface area contributed by atoms with Gasteiger partial charge in [-0.2, -0.15) is 0 Å². The summed E-state index contributed by atoms with van der Waals surface area (Å²) >= 11 is 6.36. The van der Waals surface area contributed by atoms with Crippen LogP contribution in [0.1, 0.15) is 18.1 Å². The van der Waals surface area contributed by atoms with Crippen molar-refractivity contribution in [2.75, 3.05) is 11.6 Å². The predicted molar refractivity (Wildman–Crippen MR) is 94.9 cm³/mol. The van der Waals surface area contributed by atoms with Crippen LogP contribution in [-0.4, -0.2) is 6.73 Å². The molecule has 2 aromatic carbocycles. The molecule has 0 unspecified atom stereocenters. The lowest BCUT2D eigenvalue weighted by atomic mass is 10.0. The van der Waals surface area contributed by atoms with Crippen molar-refractivity contribution >= 4 is 28.3 Å². The maximum atomic E-state index is 13.6. The van der Waals surface area contributed by atoms with Gasteiger partial charge in [0.2, 0.25) is 0 Å². The number of aryl methyl sites for hydroxylation is 1. The SMILES string of the molecule is CCc1cc(=O)oc2c3c(c(Cl)cc12)OCN(c1ccc(F)c(F)c1)C3. The van der Waals surface area contributed by atoms with Gasteiger partial charge in [0, 0.05) is 23.2 Å². The van der Waals surface area contributed by atoms with Crippen molar-refractivity contribution in [3.63, 3.8) is 0 Å². The summed E-state index contributed by atoms with van der Waals surface area (Å²) in [6, 6.07) is 6.80. The Hall–Kier alpha value is -2.60. The van der Waals surface area contributed by atoms with E-state index in [4.69, 9.17) is 20.8 Å². The molecule has 0 atom stereocenters. The molecule has 0 saturated heterocycles. The fraction of sp³-hybridized carbons (Fsp3) is 0.211. The zero-order chi connectivity index (χ0) is 18.4. The van der Waals surface area contributed by atoms with Gasteiger partial charge < -0.3 is 14.1 Å². The average Bonchev–Trinajstić information content (AvgIpc) is 2.64. The van der Waals surface area contributed by atoms with Gasteiger partial charge in [-0.1, -0.05) is 18.5 Å².